The minimum atomic E-state index is -0.486. The molecule has 2 amide bonds. The molecule has 10 nitrogen and oxygen atoms in total. The van der Waals surface area contributed by atoms with Crippen LogP contribution < -0.4 is 10.6 Å². The standard InChI is InChI=1S/C20H19N5O5S/c26-18(8-13-3-5-14(6-4-13)25(28)29)22-20-16-11-31-12-17(16)23-24(20)10-19(27)21-9-15-2-1-7-30-15/h1-7H,8-12H2,(H,21,27)(H,22,26). The lowest BCUT2D eigenvalue weighted by Gasteiger charge is -2.11. The van der Waals surface area contributed by atoms with Gasteiger partial charge in [-0.05, 0) is 17.7 Å². The molecule has 11 heteroatoms. The molecule has 0 spiro atoms. The molecule has 1 aliphatic heterocycles. The molecule has 0 atom stereocenters. The Morgan fingerprint density at radius 3 is 2.71 bits per heavy atom. The Morgan fingerprint density at radius 1 is 1.19 bits per heavy atom. The number of nitrogens with one attached hydrogen (secondary N) is 2. The highest BCUT2D eigenvalue weighted by atomic mass is 32.2. The number of carbonyl (C=O) groups excluding carboxylic acids is 2. The molecule has 0 unspecified atom stereocenters. The fourth-order valence-corrected chi connectivity index (χ4v) is 4.24. The Balaban J connectivity index is 1.42. The Hall–Kier alpha value is -3.60. The lowest BCUT2D eigenvalue weighted by Crippen LogP contribution is -2.29. The number of fused-ring (bicyclic) bond motifs is 1. The maximum absolute atomic E-state index is 12.6. The molecule has 0 saturated heterocycles. The summed E-state index contributed by atoms with van der Waals surface area (Å²) in [5, 5.41) is 20.9. The maximum Gasteiger partial charge on any atom is 0.269 e. The second-order valence-electron chi connectivity index (χ2n) is 6.93. The van der Waals surface area contributed by atoms with E-state index < -0.39 is 4.92 Å². The topological polar surface area (TPSA) is 132 Å². The highest BCUT2D eigenvalue weighted by Gasteiger charge is 2.25. The van der Waals surface area contributed by atoms with Crippen molar-refractivity contribution in [2.45, 2.75) is 31.0 Å². The number of aromatic nitrogens is 2. The predicted molar refractivity (Wildman–Crippen MR) is 113 cm³/mol. The van der Waals surface area contributed by atoms with Crippen molar-refractivity contribution in [2.75, 3.05) is 5.32 Å². The van der Waals surface area contributed by atoms with E-state index in [9.17, 15) is 19.7 Å². The average Bonchev–Trinajstić information content (AvgIpc) is 3.47. The quantitative estimate of drug-likeness (QED) is 0.406. The van der Waals surface area contributed by atoms with E-state index in [0.29, 0.717) is 22.9 Å². The van der Waals surface area contributed by atoms with Gasteiger partial charge in [0, 0.05) is 29.2 Å². The zero-order chi connectivity index (χ0) is 21.8. The van der Waals surface area contributed by atoms with Gasteiger partial charge in [-0.25, -0.2) is 4.68 Å². The van der Waals surface area contributed by atoms with Crippen LogP contribution in [0.1, 0.15) is 22.6 Å². The van der Waals surface area contributed by atoms with Crippen molar-refractivity contribution < 1.29 is 18.9 Å². The molecule has 0 radical (unpaired) electrons. The number of hydrogen-bond acceptors (Lipinski definition) is 7. The fourth-order valence-electron chi connectivity index (χ4n) is 3.21. The summed E-state index contributed by atoms with van der Waals surface area (Å²) in [7, 11) is 0. The number of non-ortho nitro benzene ring substituents is 1. The highest BCUT2D eigenvalue weighted by Crippen LogP contribution is 2.34. The van der Waals surface area contributed by atoms with Crippen LogP contribution in [0.2, 0.25) is 0 Å². The minimum absolute atomic E-state index is 0.0300. The molecule has 3 aromatic rings. The van der Waals surface area contributed by atoms with Crippen molar-refractivity contribution in [3.05, 3.63) is 75.4 Å². The Bertz CT molecular complexity index is 1110. The van der Waals surface area contributed by atoms with Crippen LogP contribution in [0.25, 0.3) is 0 Å². The number of benzene rings is 1. The van der Waals surface area contributed by atoms with Crippen LogP contribution in [0.4, 0.5) is 11.5 Å². The van der Waals surface area contributed by atoms with Gasteiger partial charge in [-0.3, -0.25) is 19.7 Å². The molecule has 4 rings (SSSR count). The van der Waals surface area contributed by atoms with E-state index in [1.54, 1.807) is 36.0 Å². The maximum atomic E-state index is 12.6. The molecule has 0 bridgehead atoms. The van der Waals surface area contributed by atoms with Crippen LogP contribution in [-0.4, -0.2) is 26.5 Å². The van der Waals surface area contributed by atoms with E-state index in [1.165, 1.54) is 23.1 Å². The van der Waals surface area contributed by atoms with Crippen molar-refractivity contribution in [2.24, 2.45) is 0 Å². The highest BCUT2D eigenvalue weighted by molar-refractivity contribution is 7.98. The van der Waals surface area contributed by atoms with Gasteiger partial charge in [0.05, 0.1) is 29.8 Å². The lowest BCUT2D eigenvalue weighted by atomic mass is 10.1. The summed E-state index contributed by atoms with van der Waals surface area (Å²) in [5.41, 5.74) is 2.39. The molecule has 2 N–H and O–H groups in total. The number of anilines is 1. The molecule has 0 fully saturated rings. The molecule has 1 aliphatic rings. The van der Waals surface area contributed by atoms with Gasteiger partial charge in [0.25, 0.3) is 5.69 Å². The number of nitrogens with zero attached hydrogens (tertiary/aromatic N) is 3. The normalized spacial score (nSPS) is 12.4. The van der Waals surface area contributed by atoms with E-state index >= 15 is 0 Å². The molecule has 2 aromatic heterocycles. The van der Waals surface area contributed by atoms with Crippen LogP contribution in [0.15, 0.2) is 47.1 Å². The third-order valence-corrected chi connectivity index (χ3v) is 5.69. The summed E-state index contributed by atoms with van der Waals surface area (Å²) in [6.07, 6.45) is 1.59. The van der Waals surface area contributed by atoms with Gasteiger partial charge in [-0.2, -0.15) is 16.9 Å². The smallest absolute Gasteiger partial charge is 0.269 e. The summed E-state index contributed by atoms with van der Waals surface area (Å²) in [6, 6.07) is 9.35. The molecular formula is C20H19N5O5S. The summed E-state index contributed by atoms with van der Waals surface area (Å²) in [5.74, 6) is 2.05. The number of rotatable bonds is 8. The second kappa shape index (κ2) is 9.04. The van der Waals surface area contributed by atoms with Crippen LogP contribution in [0.3, 0.4) is 0 Å². The van der Waals surface area contributed by atoms with Crippen LogP contribution >= 0.6 is 11.8 Å². The van der Waals surface area contributed by atoms with Gasteiger partial charge in [-0.1, -0.05) is 12.1 Å². The van der Waals surface area contributed by atoms with Gasteiger partial charge in [0.2, 0.25) is 11.8 Å². The molecule has 1 aromatic carbocycles. The summed E-state index contributed by atoms with van der Waals surface area (Å²) in [6.45, 7) is 0.232. The largest absolute Gasteiger partial charge is 0.467 e. The Labute approximate surface area is 181 Å². The summed E-state index contributed by atoms with van der Waals surface area (Å²) >= 11 is 1.69. The van der Waals surface area contributed by atoms with Gasteiger partial charge in [0.15, 0.2) is 0 Å². The fraction of sp³-hybridized carbons (Fsp3) is 0.250. The van der Waals surface area contributed by atoms with Crippen molar-refractivity contribution in [1.29, 1.82) is 0 Å². The monoisotopic (exact) mass is 441 g/mol. The number of nitro groups is 1. The summed E-state index contributed by atoms with van der Waals surface area (Å²) < 4.78 is 6.71. The Morgan fingerprint density at radius 2 is 2.00 bits per heavy atom. The minimum Gasteiger partial charge on any atom is -0.467 e. The first-order valence-electron chi connectivity index (χ1n) is 9.48. The lowest BCUT2D eigenvalue weighted by molar-refractivity contribution is -0.384. The first-order chi connectivity index (χ1) is 15.0. The number of furan rings is 1. The Kier molecular flexibility index (Phi) is 6.03. The first-order valence-corrected chi connectivity index (χ1v) is 10.6. The first kappa shape index (κ1) is 20.7. The van der Waals surface area contributed by atoms with Crippen molar-refractivity contribution in [1.82, 2.24) is 15.1 Å². The van der Waals surface area contributed by atoms with Crippen LogP contribution in [-0.2, 0) is 40.6 Å². The number of carbonyl (C=O) groups is 2. The second-order valence-corrected chi connectivity index (χ2v) is 7.91. The zero-order valence-corrected chi connectivity index (χ0v) is 17.2. The number of hydrogen-bond donors (Lipinski definition) is 2. The van der Waals surface area contributed by atoms with Gasteiger partial charge in [-0.15, -0.1) is 0 Å². The third-order valence-electron chi connectivity index (χ3n) is 4.72. The number of amides is 2. The van der Waals surface area contributed by atoms with Gasteiger partial charge in [0.1, 0.15) is 18.1 Å². The molecule has 3 heterocycles. The zero-order valence-electron chi connectivity index (χ0n) is 16.4. The molecule has 160 valence electrons. The predicted octanol–water partition coefficient (Wildman–Crippen LogP) is 2.63. The molecular weight excluding hydrogens is 422 g/mol. The van der Waals surface area contributed by atoms with Crippen LogP contribution in [0.5, 0.6) is 0 Å². The van der Waals surface area contributed by atoms with E-state index in [-0.39, 0.29) is 37.0 Å². The molecule has 31 heavy (non-hydrogen) atoms. The van der Waals surface area contributed by atoms with E-state index in [1.807, 2.05) is 0 Å². The van der Waals surface area contributed by atoms with Crippen molar-refractivity contribution in [3.8, 4) is 0 Å². The summed E-state index contributed by atoms with van der Waals surface area (Å²) in [4.78, 5) is 35.3. The molecule has 0 aliphatic carbocycles. The van der Waals surface area contributed by atoms with E-state index in [4.69, 9.17) is 4.42 Å². The van der Waals surface area contributed by atoms with Crippen LogP contribution in [0, 0.1) is 10.1 Å². The average molecular weight is 441 g/mol. The molecule has 0 saturated carbocycles. The number of nitro benzene ring substituents is 1. The number of thioether (sulfide) groups is 1. The van der Waals surface area contributed by atoms with Gasteiger partial charge < -0.3 is 15.1 Å². The third kappa shape index (κ3) is 4.94. The van der Waals surface area contributed by atoms with Gasteiger partial charge >= 0.3 is 0 Å². The van der Waals surface area contributed by atoms with E-state index in [0.717, 1.165) is 17.0 Å². The van der Waals surface area contributed by atoms with Crippen molar-refractivity contribution >= 4 is 35.1 Å². The van der Waals surface area contributed by atoms with Crippen molar-refractivity contribution in [3.63, 3.8) is 0 Å². The van der Waals surface area contributed by atoms with E-state index in [2.05, 4.69) is 15.7 Å². The SMILES string of the molecule is O=C(Cn1nc2c(c1NC(=O)Cc1ccc([N+](=O)[O-])cc1)CSC2)NCc1ccco1.